The van der Waals surface area contributed by atoms with Gasteiger partial charge in [0.1, 0.15) is 5.75 Å². The third kappa shape index (κ3) is 5.71. The predicted octanol–water partition coefficient (Wildman–Crippen LogP) is 2.89. The van der Waals surface area contributed by atoms with Gasteiger partial charge >= 0.3 is 5.97 Å². The lowest BCUT2D eigenvalue weighted by Gasteiger charge is -2.10. The first-order chi connectivity index (χ1) is 14.0. The highest BCUT2D eigenvalue weighted by molar-refractivity contribution is 5.94. The molecule has 0 spiro atoms. The Hall–Kier alpha value is -3.55. The quantitative estimate of drug-likeness (QED) is 0.392. The summed E-state index contributed by atoms with van der Waals surface area (Å²) in [5.74, 6) is -0.471. The molecule has 3 rings (SSSR count). The monoisotopic (exact) mass is 396 g/mol. The zero-order valence-corrected chi connectivity index (χ0v) is 16.1. The molecule has 0 bridgehead atoms. The van der Waals surface area contributed by atoms with Crippen LogP contribution in [0.1, 0.15) is 23.7 Å². The normalized spacial score (nSPS) is 11.8. The summed E-state index contributed by atoms with van der Waals surface area (Å²) in [4.78, 5) is 30.5. The molecule has 1 atom stereocenters. The molecule has 0 saturated carbocycles. The summed E-state index contributed by atoms with van der Waals surface area (Å²) in [5, 5.41) is 14.7. The van der Waals surface area contributed by atoms with Crippen molar-refractivity contribution in [2.45, 2.75) is 13.3 Å². The van der Waals surface area contributed by atoms with Crippen molar-refractivity contribution in [3.63, 3.8) is 0 Å². The number of carbonyl (C=O) groups excluding carboxylic acids is 1. The molecule has 1 amide bonds. The highest BCUT2D eigenvalue weighted by atomic mass is 16.5. The van der Waals surface area contributed by atoms with Crippen molar-refractivity contribution in [1.29, 1.82) is 0 Å². The van der Waals surface area contributed by atoms with Gasteiger partial charge < -0.3 is 25.5 Å². The molecule has 0 saturated heterocycles. The SMILES string of the molecule is C[C@@H](CNC(=O)c1ccc(OCCCNc2nc3ccccc3[nH]2)cc1)C(=O)O. The van der Waals surface area contributed by atoms with Crippen molar-refractivity contribution in [3.05, 3.63) is 54.1 Å². The standard InChI is InChI=1S/C21H24N4O4/c1-14(20(27)28)13-23-19(26)15-7-9-16(10-8-15)29-12-4-11-22-21-24-17-5-2-3-6-18(17)25-21/h2-3,5-10,14H,4,11-13H2,1H3,(H,23,26)(H,27,28)(H2,22,24,25)/t14-/m0/s1. The minimum Gasteiger partial charge on any atom is -0.494 e. The van der Waals surface area contributed by atoms with E-state index >= 15 is 0 Å². The molecule has 0 aliphatic carbocycles. The third-order valence-corrected chi connectivity index (χ3v) is 4.38. The maximum Gasteiger partial charge on any atom is 0.308 e. The molecule has 29 heavy (non-hydrogen) atoms. The topological polar surface area (TPSA) is 116 Å². The van der Waals surface area contributed by atoms with Crippen LogP contribution in [0.15, 0.2) is 48.5 Å². The van der Waals surface area contributed by atoms with Gasteiger partial charge in [0.15, 0.2) is 0 Å². The summed E-state index contributed by atoms with van der Waals surface area (Å²) in [6.45, 7) is 2.87. The van der Waals surface area contributed by atoms with Crippen LogP contribution in [0.3, 0.4) is 0 Å². The number of nitrogens with one attached hydrogen (secondary N) is 3. The number of H-pyrrole nitrogens is 1. The molecule has 2 aromatic carbocycles. The van der Waals surface area contributed by atoms with E-state index in [1.165, 1.54) is 0 Å². The molecule has 0 aliphatic heterocycles. The van der Waals surface area contributed by atoms with Crippen LogP contribution in [-0.2, 0) is 4.79 Å². The number of aromatic nitrogens is 2. The Labute approximate surface area is 168 Å². The second-order valence-corrected chi connectivity index (χ2v) is 6.71. The van der Waals surface area contributed by atoms with Gasteiger partial charge in [-0.3, -0.25) is 9.59 Å². The minimum atomic E-state index is -0.941. The molecule has 1 aromatic heterocycles. The second kappa shape index (κ2) is 9.59. The van der Waals surface area contributed by atoms with E-state index in [4.69, 9.17) is 9.84 Å². The summed E-state index contributed by atoms with van der Waals surface area (Å²) in [6.07, 6.45) is 0.784. The number of rotatable bonds is 10. The zero-order valence-electron chi connectivity index (χ0n) is 16.1. The van der Waals surface area contributed by atoms with Crippen LogP contribution < -0.4 is 15.4 Å². The number of carboxylic acid groups (broad SMARTS) is 1. The summed E-state index contributed by atoms with van der Waals surface area (Å²) < 4.78 is 5.69. The van der Waals surface area contributed by atoms with Crippen LogP contribution in [0.25, 0.3) is 11.0 Å². The van der Waals surface area contributed by atoms with Crippen molar-refractivity contribution in [3.8, 4) is 5.75 Å². The Balaban J connectivity index is 1.37. The molecule has 0 unspecified atom stereocenters. The molecule has 1 heterocycles. The molecule has 0 aliphatic rings. The molecule has 0 fully saturated rings. The first-order valence-electron chi connectivity index (χ1n) is 9.45. The van der Waals surface area contributed by atoms with Gasteiger partial charge in [-0.15, -0.1) is 0 Å². The van der Waals surface area contributed by atoms with E-state index in [-0.39, 0.29) is 12.5 Å². The van der Waals surface area contributed by atoms with Gasteiger partial charge in [0.25, 0.3) is 5.91 Å². The number of carbonyl (C=O) groups is 2. The largest absolute Gasteiger partial charge is 0.494 e. The number of imidazole rings is 1. The highest BCUT2D eigenvalue weighted by Crippen LogP contribution is 2.14. The van der Waals surface area contributed by atoms with Gasteiger partial charge in [-0.05, 0) is 42.8 Å². The fourth-order valence-electron chi connectivity index (χ4n) is 2.64. The highest BCUT2D eigenvalue weighted by Gasteiger charge is 2.13. The van der Waals surface area contributed by atoms with Crippen molar-refractivity contribution >= 4 is 28.9 Å². The van der Waals surface area contributed by atoms with Crippen LogP contribution >= 0.6 is 0 Å². The zero-order chi connectivity index (χ0) is 20.6. The molecule has 0 radical (unpaired) electrons. The Morgan fingerprint density at radius 2 is 1.93 bits per heavy atom. The molecule has 3 aromatic rings. The van der Waals surface area contributed by atoms with E-state index in [9.17, 15) is 9.59 Å². The first-order valence-corrected chi connectivity index (χ1v) is 9.45. The number of aliphatic carboxylic acids is 1. The number of aromatic amines is 1. The maximum atomic E-state index is 12.0. The van der Waals surface area contributed by atoms with Crippen molar-refractivity contribution in [1.82, 2.24) is 15.3 Å². The number of hydrogen-bond donors (Lipinski definition) is 4. The third-order valence-electron chi connectivity index (χ3n) is 4.38. The van der Waals surface area contributed by atoms with Gasteiger partial charge in [-0.2, -0.15) is 0 Å². The number of benzene rings is 2. The molecule has 8 heteroatoms. The van der Waals surface area contributed by atoms with E-state index in [0.29, 0.717) is 24.5 Å². The minimum absolute atomic E-state index is 0.0879. The van der Waals surface area contributed by atoms with Crippen molar-refractivity contribution in [2.75, 3.05) is 25.0 Å². The lowest BCUT2D eigenvalue weighted by Crippen LogP contribution is -2.31. The summed E-state index contributed by atoms with van der Waals surface area (Å²) in [7, 11) is 0. The molecular formula is C21H24N4O4. The van der Waals surface area contributed by atoms with Gasteiger partial charge in [0, 0.05) is 18.7 Å². The van der Waals surface area contributed by atoms with E-state index in [0.717, 1.165) is 23.4 Å². The van der Waals surface area contributed by atoms with E-state index in [1.807, 2.05) is 24.3 Å². The lowest BCUT2D eigenvalue weighted by atomic mass is 10.1. The maximum absolute atomic E-state index is 12.0. The Bertz CT molecular complexity index is 935. The predicted molar refractivity (Wildman–Crippen MR) is 110 cm³/mol. The molecular weight excluding hydrogens is 372 g/mol. The van der Waals surface area contributed by atoms with Gasteiger partial charge in [-0.1, -0.05) is 19.1 Å². The number of para-hydroxylation sites is 2. The Kier molecular flexibility index (Phi) is 6.67. The number of fused-ring (bicyclic) bond motifs is 1. The van der Waals surface area contributed by atoms with Crippen molar-refractivity contribution in [2.24, 2.45) is 5.92 Å². The number of amides is 1. The van der Waals surface area contributed by atoms with Gasteiger partial charge in [0.05, 0.1) is 23.6 Å². The lowest BCUT2D eigenvalue weighted by molar-refractivity contribution is -0.140. The van der Waals surface area contributed by atoms with Crippen LogP contribution in [0.2, 0.25) is 0 Å². The Morgan fingerprint density at radius 3 is 2.66 bits per heavy atom. The van der Waals surface area contributed by atoms with E-state index in [2.05, 4.69) is 20.6 Å². The number of carboxylic acids is 1. The summed E-state index contributed by atoms with van der Waals surface area (Å²) in [5.41, 5.74) is 2.38. The van der Waals surface area contributed by atoms with Crippen LogP contribution in [0.4, 0.5) is 5.95 Å². The van der Waals surface area contributed by atoms with Gasteiger partial charge in [-0.25, -0.2) is 4.98 Å². The number of ether oxygens (including phenoxy) is 1. The Morgan fingerprint density at radius 1 is 1.17 bits per heavy atom. The molecule has 8 nitrogen and oxygen atoms in total. The number of nitrogens with zero attached hydrogens (tertiary/aromatic N) is 1. The molecule has 152 valence electrons. The summed E-state index contributed by atoms with van der Waals surface area (Å²) >= 11 is 0. The van der Waals surface area contributed by atoms with E-state index < -0.39 is 11.9 Å². The van der Waals surface area contributed by atoms with Crippen LogP contribution in [-0.4, -0.2) is 46.6 Å². The number of anilines is 1. The number of hydrogen-bond acceptors (Lipinski definition) is 5. The average Bonchev–Trinajstić information content (AvgIpc) is 3.14. The van der Waals surface area contributed by atoms with E-state index in [1.54, 1.807) is 31.2 Å². The van der Waals surface area contributed by atoms with Crippen LogP contribution in [0.5, 0.6) is 5.75 Å². The second-order valence-electron chi connectivity index (χ2n) is 6.71. The smallest absolute Gasteiger partial charge is 0.308 e. The summed E-state index contributed by atoms with van der Waals surface area (Å²) in [6, 6.07) is 14.6. The molecule has 4 N–H and O–H groups in total. The first kappa shape index (κ1) is 20.2. The van der Waals surface area contributed by atoms with Crippen LogP contribution in [0, 0.1) is 5.92 Å². The fourth-order valence-corrected chi connectivity index (χ4v) is 2.64. The van der Waals surface area contributed by atoms with Gasteiger partial charge in [0.2, 0.25) is 5.95 Å². The fraction of sp³-hybridized carbons (Fsp3) is 0.286. The van der Waals surface area contributed by atoms with Crippen molar-refractivity contribution < 1.29 is 19.4 Å². The average molecular weight is 396 g/mol.